The van der Waals surface area contributed by atoms with Crippen molar-refractivity contribution in [3.63, 3.8) is 0 Å². The smallest absolute Gasteiger partial charge is 0.240 e. The summed E-state index contributed by atoms with van der Waals surface area (Å²) in [6.07, 6.45) is 0.741. The van der Waals surface area contributed by atoms with Crippen LogP contribution < -0.4 is 4.57 Å². The second-order valence-corrected chi connectivity index (χ2v) is 4.76. The van der Waals surface area contributed by atoms with Crippen LogP contribution in [-0.2, 0) is 13.0 Å². The average Bonchev–Trinajstić information content (AvgIpc) is 2.64. The number of benzene rings is 1. The van der Waals surface area contributed by atoms with Crippen LogP contribution in [0.4, 0.5) is 0 Å². The summed E-state index contributed by atoms with van der Waals surface area (Å²) in [4.78, 5) is 0. The fourth-order valence-corrected chi connectivity index (χ4v) is 2.72. The van der Waals surface area contributed by atoms with Crippen molar-refractivity contribution >= 4 is 11.3 Å². The van der Waals surface area contributed by atoms with Crippen molar-refractivity contribution in [1.82, 2.24) is 0 Å². The molecule has 2 rings (SSSR count). The summed E-state index contributed by atoms with van der Waals surface area (Å²) >= 11 is 1.72. The highest BCUT2D eigenvalue weighted by Crippen LogP contribution is 2.09. The summed E-state index contributed by atoms with van der Waals surface area (Å²) in [5.74, 6) is 0. The minimum Gasteiger partial charge on any atom is -0.396 e. The van der Waals surface area contributed by atoms with Crippen molar-refractivity contribution in [2.45, 2.75) is 19.9 Å². The van der Waals surface area contributed by atoms with Crippen LogP contribution in [0.1, 0.15) is 16.3 Å². The van der Waals surface area contributed by atoms with Crippen LogP contribution in [0.15, 0.2) is 35.7 Å². The van der Waals surface area contributed by atoms with Crippen LogP contribution >= 0.6 is 11.3 Å². The lowest BCUT2D eigenvalue weighted by Crippen LogP contribution is -2.39. The van der Waals surface area contributed by atoms with Crippen molar-refractivity contribution in [1.29, 1.82) is 0 Å². The van der Waals surface area contributed by atoms with Gasteiger partial charge in [-0.1, -0.05) is 41.7 Å². The van der Waals surface area contributed by atoms with E-state index in [1.807, 2.05) is 6.07 Å². The zero-order valence-corrected chi connectivity index (χ0v) is 10.2. The second-order valence-electron chi connectivity index (χ2n) is 3.82. The molecule has 84 valence electrons. The van der Waals surface area contributed by atoms with Crippen molar-refractivity contribution in [2.24, 2.45) is 0 Å². The maximum absolute atomic E-state index is 9.01. The summed E-state index contributed by atoms with van der Waals surface area (Å²) in [5, 5.41) is 12.4. The monoisotopic (exact) mass is 234 g/mol. The topological polar surface area (TPSA) is 24.1 Å². The number of hydrogen-bond donors (Lipinski definition) is 1. The van der Waals surface area contributed by atoms with E-state index >= 15 is 0 Å². The van der Waals surface area contributed by atoms with Crippen LogP contribution in [0.2, 0.25) is 0 Å². The molecular weight excluding hydrogens is 218 g/mol. The average molecular weight is 234 g/mol. The van der Waals surface area contributed by atoms with Gasteiger partial charge in [0.1, 0.15) is 0 Å². The molecule has 0 aliphatic carbocycles. The van der Waals surface area contributed by atoms with E-state index in [1.54, 1.807) is 11.3 Å². The van der Waals surface area contributed by atoms with Gasteiger partial charge in [0.2, 0.25) is 5.01 Å². The van der Waals surface area contributed by atoms with Gasteiger partial charge < -0.3 is 5.11 Å². The molecule has 1 N–H and O–H groups in total. The van der Waals surface area contributed by atoms with E-state index in [-0.39, 0.29) is 6.61 Å². The SMILES string of the molecule is Cc1csc(CCO)[n+]1Cc1ccccc1. The normalized spacial score (nSPS) is 10.6. The van der Waals surface area contributed by atoms with Gasteiger partial charge in [0, 0.05) is 12.5 Å². The molecule has 2 nitrogen and oxygen atoms in total. The number of aryl methyl sites for hydroxylation is 1. The van der Waals surface area contributed by atoms with Crippen molar-refractivity contribution in [3.05, 3.63) is 52.0 Å². The molecule has 1 heterocycles. The lowest BCUT2D eigenvalue weighted by molar-refractivity contribution is -0.696. The van der Waals surface area contributed by atoms with E-state index in [0.29, 0.717) is 0 Å². The molecule has 0 atom stereocenters. The van der Waals surface area contributed by atoms with E-state index in [9.17, 15) is 0 Å². The predicted octanol–water partition coefficient (Wildman–Crippen LogP) is 1.93. The fourth-order valence-electron chi connectivity index (χ4n) is 1.75. The van der Waals surface area contributed by atoms with Crippen LogP contribution in [0.5, 0.6) is 0 Å². The third kappa shape index (κ3) is 2.49. The Bertz CT molecular complexity index is 450. The summed E-state index contributed by atoms with van der Waals surface area (Å²) in [6, 6.07) is 10.4. The van der Waals surface area contributed by atoms with Gasteiger partial charge in [-0.2, -0.15) is 4.57 Å². The molecular formula is C13H16NOS+. The van der Waals surface area contributed by atoms with Crippen LogP contribution in [0.25, 0.3) is 0 Å². The summed E-state index contributed by atoms with van der Waals surface area (Å²) in [5.41, 5.74) is 2.56. The number of thiazole rings is 1. The Kier molecular flexibility index (Phi) is 3.70. The third-order valence-electron chi connectivity index (χ3n) is 2.60. The van der Waals surface area contributed by atoms with E-state index in [0.717, 1.165) is 13.0 Å². The van der Waals surface area contributed by atoms with E-state index in [2.05, 4.69) is 41.1 Å². The van der Waals surface area contributed by atoms with Crippen molar-refractivity contribution in [3.8, 4) is 0 Å². The number of hydrogen-bond acceptors (Lipinski definition) is 2. The maximum Gasteiger partial charge on any atom is 0.240 e. The van der Waals surface area contributed by atoms with Gasteiger partial charge in [0.15, 0.2) is 12.2 Å². The van der Waals surface area contributed by atoms with Crippen molar-refractivity contribution in [2.75, 3.05) is 6.61 Å². The second kappa shape index (κ2) is 5.23. The summed E-state index contributed by atoms with van der Waals surface area (Å²) in [7, 11) is 0. The zero-order valence-electron chi connectivity index (χ0n) is 9.39. The van der Waals surface area contributed by atoms with Crippen molar-refractivity contribution < 1.29 is 9.67 Å². The van der Waals surface area contributed by atoms with E-state index in [4.69, 9.17) is 5.11 Å². The van der Waals surface area contributed by atoms with Crippen LogP contribution in [-0.4, -0.2) is 11.7 Å². The highest BCUT2D eigenvalue weighted by molar-refractivity contribution is 7.09. The molecule has 0 unspecified atom stereocenters. The van der Waals surface area contributed by atoms with Gasteiger partial charge in [-0.15, -0.1) is 0 Å². The molecule has 1 aromatic carbocycles. The molecule has 3 heteroatoms. The maximum atomic E-state index is 9.01. The van der Waals surface area contributed by atoms with Gasteiger partial charge >= 0.3 is 0 Å². The molecule has 0 radical (unpaired) electrons. The van der Waals surface area contributed by atoms with Gasteiger partial charge in [0.25, 0.3) is 0 Å². The lowest BCUT2D eigenvalue weighted by atomic mass is 10.2. The molecule has 16 heavy (non-hydrogen) atoms. The van der Waals surface area contributed by atoms with Gasteiger partial charge in [-0.3, -0.25) is 0 Å². The van der Waals surface area contributed by atoms with Crippen LogP contribution in [0.3, 0.4) is 0 Å². The fraction of sp³-hybridized carbons (Fsp3) is 0.308. The van der Waals surface area contributed by atoms with E-state index in [1.165, 1.54) is 16.3 Å². The number of aliphatic hydroxyl groups excluding tert-OH is 1. The standard InChI is InChI=1S/C13H16NOS/c1-11-10-16-13(7-8-15)14(11)9-12-5-3-2-4-6-12/h2-6,10,15H,7-9H2,1H3/q+1. The Morgan fingerprint density at radius 2 is 2.00 bits per heavy atom. The van der Waals surface area contributed by atoms with Gasteiger partial charge in [0.05, 0.1) is 18.4 Å². The summed E-state index contributed by atoms with van der Waals surface area (Å²) in [6.45, 7) is 3.22. The number of aliphatic hydroxyl groups is 1. The lowest BCUT2D eigenvalue weighted by Gasteiger charge is -1.99. The zero-order chi connectivity index (χ0) is 11.4. The minimum absolute atomic E-state index is 0.217. The van der Waals surface area contributed by atoms with Crippen LogP contribution in [0, 0.1) is 6.92 Å². The Balaban J connectivity index is 2.23. The first kappa shape index (κ1) is 11.3. The molecule has 0 saturated heterocycles. The first-order valence-electron chi connectivity index (χ1n) is 5.43. The van der Waals surface area contributed by atoms with E-state index < -0.39 is 0 Å². The molecule has 0 saturated carbocycles. The number of rotatable bonds is 4. The molecule has 0 amide bonds. The molecule has 0 fully saturated rings. The quantitative estimate of drug-likeness (QED) is 0.803. The molecule has 0 spiro atoms. The first-order chi connectivity index (χ1) is 7.81. The van der Waals surface area contributed by atoms with Gasteiger partial charge in [-0.05, 0) is 0 Å². The highest BCUT2D eigenvalue weighted by Gasteiger charge is 2.16. The third-order valence-corrected chi connectivity index (χ3v) is 3.76. The Labute approximate surface area is 99.8 Å². The Morgan fingerprint density at radius 3 is 2.69 bits per heavy atom. The Morgan fingerprint density at radius 1 is 1.25 bits per heavy atom. The van der Waals surface area contributed by atoms with Gasteiger partial charge in [-0.25, -0.2) is 0 Å². The first-order valence-corrected chi connectivity index (χ1v) is 6.31. The molecule has 0 aliphatic rings. The molecule has 0 bridgehead atoms. The summed E-state index contributed by atoms with van der Waals surface area (Å²) < 4.78 is 2.27. The molecule has 1 aromatic heterocycles. The minimum atomic E-state index is 0.217. The molecule has 0 aliphatic heterocycles. The largest absolute Gasteiger partial charge is 0.396 e. The number of nitrogens with zero attached hydrogens (tertiary/aromatic N) is 1. The number of aromatic nitrogens is 1. The predicted molar refractivity (Wildman–Crippen MR) is 65.6 cm³/mol. The Hall–Kier alpha value is -1.19. The molecule has 2 aromatic rings. The highest BCUT2D eigenvalue weighted by atomic mass is 32.1.